The Bertz CT molecular complexity index is 3210. The van der Waals surface area contributed by atoms with Crippen molar-refractivity contribution in [3.63, 3.8) is 0 Å². The van der Waals surface area contributed by atoms with E-state index in [4.69, 9.17) is 9.05 Å². The summed E-state index contributed by atoms with van der Waals surface area (Å²) < 4.78 is 43.0. The van der Waals surface area contributed by atoms with Gasteiger partial charge in [0.15, 0.2) is 22.0 Å². The molecule has 0 aliphatic heterocycles. The van der Waals surface area contributed by atoms with Crippen LogP contribution in [0, 0.1) is 25.5 Å². The van der Waals surface area contributed by atoms with E-state index >= 15 is 0 Å². The molecule has 19 heteroatoms. The molecule has 342 valence electrons. The van der Waals surface area contributed by atoms with E-state index in [1.54, 1.807) is 53.9 Å². The van der Waals surface area contributed by atoms with Crippen LogP contribution in [-0.4, -0.2) is 64.8 Å². The minimum atomic E-state index is -0.723. The first-order valence-corrected chi connectivity index (χ1v) is 23.2. The average molecular weight is 948 g/mol. The van der Waals surface area contributed by atoms with Crippen molar-refractivity contribution in [2.45, 2.75) is 62.4 Å². The molecule has 2 atom stereocenters. The smallest absolute Gasteiger partial charge is 0.240 e. The lowest BCUT2D eigenvalue weighted by Gasteiger charge is -2.13. The Hall–Kier alpha value is -7.77. The maximum Gasteiger partial charge on any atom is 0.240 e. The third-order valence-corrected chi connectivity index (χ3v) is 12.2. The Morgan fingerprint density at radius 1 is 0.515 bits per heavy atom. The standard InChI is InChI=1S/C24H21N7OS.C23H16F2N6OS.C2H6/c1-15-4-5-20(14-16(15)2)31-22(19-8-12-26-13-9-19)28-29-24(31)33-17(3)23-27-21(30-32-23)18-6-10-25-11-7-18;1-14(22-27-20(30-32-22)15-9-11-26-12-10-15)33-23-29-28-21(16-5-3-2-4-6-16)31(23)19-8-7-17(24)13-18(19)25;1-2/h4-14,17H,1-3H3;2-14H,1H3;1-2H3. The van der Waals surface area contributed by atoms with Crippen molar-refractivity contribution >= 4 is 23.5 Å². The first-order chi connectivity index (χ1) is 33.2. The molecule has 0 bridgehead atoms. The molecule has 0 N–H and O–H groups in total. The highest BCUT2D eigenvalue weighted by molar-refractivity contribution is 7.99. The lowest BCUT2D eigenvalue weighted by Crippen LogP contribution is -2.04. The summed E-state index contributed by atoms with van der Waals surface area (Å²) in [4.78, 5) is 21.2. The van der Waals surface area contributed by atoms with Crippen LogP contribution < -0.4 is 0 Å². The first kappa shape index (κ1) is 46.7. The Morgan fingerprint density at radius 2 is 1.00 bits per heavy atom. The number of thioether (sulfide) groups is 2. The maximum absolute atomic E-state index is 14.8. The van der Waals surface area contributed by atoms with Crippen LogP contribution in [-0.2, 0) is 0 Å². The molecule has 0 saturated heterocycles. The minimum absolute atomic E-state index is 0.132. The van der Waals surface area contributed by atoms with Crippen molar-refractivity contribution in [3.8, 4) is 56.9 Å². The highest BCUT2D eigenvalue weighted by Crippen LogP contribution is 2.39. The van der Waals surface area contributed by atoms with E-state index in [9.17, 15) is 8.78 Å². The number of rotatable bonds is 12. The lowest BCUT2D eigenvalue weighted by molar-refractivity contribution is 0.380. The molecule has 0 aliphatic rings. The molecule has 0 spiro atoms. The minimum Gasteiger partial charge on any atom is -0.338 e. The zero-order chi connectivity index (χ0) is 47.6. The Labute approximate surface area is 398 Å². The largest absolute Gasteiger partial charge is 0.338 e. The summed E-state index contributed by atoms with van der Waals surface area (Å²) in [6.45, 7) is 12.1. The summed E-state index contributed by atoms with van der Waals surface area (Å²) in [5.74, 6) is 1.66. The molecule has 15 nitrogen and oxygen atoms in total. The van der Waals surface area contributed by atoms with Crippen molar-refractivity contribution in [1.29, 1.82) is 0 Å². The van der Waals surface area contributed by atoms with Gasteiger partial charge in [0.25, 0.3) is 0 Å². The van der Waals surface area contributed by atoms with Crippen LogP contribution in [0.1, 0.15) is 61.1 Å². The van der Waals surface area contributed by atoms with Crippen LogP contribution in [0.25, 0.3) is 56.9 Å². The number of aryl methyl sites for hydroxylation is 2. The predicted molar refractivity (Wildman–Crippen MR) is 256 cm³/mol. The predicted octanol–water partition coefficient (Wildman–Crippen LogP) is 11.8. The summed E-state index contributed by atoms with van der Waals surface area (Å²) in [6, 6.07) is 30.1. The van der Waals surface area contributed by atoms with Crippen molar-refractivity contribution in [1.82, 2.24) is 64.8 Å². The molecule has 7 heterocycles. The molecule has 2 unspecified atom stereocenters. The molecule has 0 saturated carbocycles. The van der Waals surface area contributed by atoms with Crippen LogP contribution in [0.3, 0.4) is 0 Å². The number of benzene rings is 3. The summed E-state index contributed by atoms with van der Waals surface area (Å²) in [6.07, 6.45) is 10.2. The van der Waals surface area contributed by atoms with E-state index < -0.39 is 11.6 Å². The van der Waals surface area contributed by atoms with Crippen LogP contribution in [0.15, 0.2) is 160 Å². The Kier molecular flexibility index (Phi) is 14.9. The van der Waals surface area contributed by atoms with E-state index in [2.05, 4.69) is 92.2 Å². The van der Waals surface area contributed by atoms with Gasteiger partial charge in [-0.05, 0) is 99.5 Å². The summed E-state index contributed by atoms with van der Waals surface area (Å²) >= 11 is 2.79. The van der Waals surface area contributed by atoms with E-state index in [0.717, 1.165) is 45.0 Å². The third-order valence-electron chi connectivity index (χ3n) is 10.2. The molecular weight excluding hydrogens is 905 g/mol. The van der Waals surface area contributed by atoms with Gasteiger partial charge in [0.1, 0.15) is 11.6 Å². The monoisotopic (exact) mass is 947 g/mol. The van der Waals surface area contributed by atoms with Gasteiger partial charge < -0.3 is 9.05 Å². The van der Waals surface area contributed by atoms with E-state index in [0.29, 0.717) is 34.4 Å². The molecule has 0 aliphatic carbocycles. The van der Waals surface area contributed by atoms with Crippen molar-refractivity contribution in [2.24, 2.45) is 0 Å². The fraction of sp³-hybridized carbons (Fsp3) is 0.163. The molecular formula is C49H43F2N13O2S2. The van der Waals surface area contributed by atoms with E-state index in [1.807, 2.05) is 82.3 Å². The number of pyridine rings is 3. The van der Waals surface area contributed by atoms with Crippen molar-refractivity contribution in [2.75, 3.05) is 0 Å². The van der Waals surface area contributed by atoms with Gasteiger partial charge in [-0.1, -0.05) is 84.1 Å². The van der Waals surface area contributed by atoms with Gasteiger partial charge in [-0.2, -0.15) is 9.97 Å². The number of hydrogen-bond donors (Lipinski definition) is 0. The molecule has 10 rings (SSSR count). The van der Waals surface area contributed by atoms with Crippen molar-refractivity contribution in [3.05, 3.63) is 175 Å². The Morgan fingerprint density at radius 3 is 1.51 bits per heavy atom. The molecule has 7 aromatic heterocycles. The van der Waals surface area contributed by atoms with Crippen LogP contribution in [0.2, 0.25) is 0 Å². The number of aromatic nitrogens is 13. The molecule has 10 aromatic rings. The number of hydrogen-bond acceptors (Lipinski definition) is 15. The number of nitrogens with zero attached hydrogens (tertiary/aromatic N) is 13. The molecule has 0 radical (unpaired) electrons. The van der Waals surface area contributed by atoms with E-state index in [-0.39, 0.29) is 16.2 Å². The second-order valence-corrected chi connectivity index (χ2v) is 17.3. The SMILES string of the molecule is CC.CC(Sc1nnc(-c2ccccc2)n1-c1ccc(F)cc1F)c1nc(-c2ccncc2)no1.Cc1ccc(-n2c(SC(C)c3nc(-c4ccncc4)no3)nnc2-c2ccncc2)cc1C. The summed E-state index contributed by atoms with van der Waals surface area (Å²) in [7, 11) is 0. The zero-order valence-electron chi connectivity index (χ0n) is 37.6. The fourth-order valence-corrected chi connectivity index (χ4v) is 8.38. The molecule has 3 aromatic carbocycles. The van der Waals surface area contributed by atoms with E-state index in [1.165, 1.54) is 46.8 Å². The molecule has 0 amide bonds. The number of halogens is 2. The fourth-order valence-electron chi connectivity index (χ4n) is 6.59. The normalized spacial score (nSPS) is 11.8. The van der Waals surface area contributed by atoms with Gasteiger partial charge in [-0.15, -0.1) is 20.4 Å². The average Bonchev–Trinajstić information content (AvgIpc) is 4.22. The Balaban J connectivity index is 0.000000177. The van der Waals surface area contributed by atoms with Gasteiger partial charge in [0.05, 0.1) is 21.9 Å². The second kappa shape index (κ2) is 21.7. The van der Waals surface area contributed by atoms with Crippen molar-refractivity contribution < 1.29 is 17.8 Å². The maximum atomic E-state index is 14.8. The molecule has 0 fully saturated rings. The van der Waals surface area contributed by atoms with Gasteiger partial charge in [-0.3, -0.25) is 24.1 Å². The summed E-state index contributed by atoms with van der Waals surface area (Å²) in [5.41, 5.74) is 6.87. The lowest BCUT2D eigenvalue weighted by atomic mass is 10.1. The second-order valence-electron chi connectivity index (χ2n) is 14.7. The quantitative estimate of drug-likeness (QED) is 0.106. The van der Waals surface area contributed by atoms with Crippen LogP contribution in [0.5, 0.6) is 0 Å². The van der Waals surface area contributed by atoms with Gasteiger partial charge >= 0.3 is 0 Å². The highest BCUT2D eigenvalue weighted by atomic mass is 32.2. The zero-order valence-corrected chi connectivity index (χ0v) is 39.3. The first-order valence-electron chi connectivity index (χ1n) is 21.4. The van der Waals surface area contributed by atoms with Crippen LogP contribution >= 0.6 is 23.5 Å². The van der Waals surface area contributed by atoms with Gasteiger partial charge in [0, 0.05) is 65.5 Å². The van der Waals surface area contributed by atoms with Gasteiger partial charge in [0.2, 0.25) is 23.4 Å². The third kappa shape index (κ3) is 10.6. The highest BCUT2D eigenvalue weighted by Gasteiger charge is 2.25. The topological polar surface area (TPSA) is 178 Å². The van der Waals surface area contributed by atoms with Crippen LogP contribution in [0.4, 0.5) is 8.78 Å². The van der Waals surface area contributed by atoms with Gasteiger partial charge in [-0.25, -0.2) is 8.78 Å². The summed E-state index contributed by atoms with van der Waals surface area (Å²) in [5, 5.41) is 26.4. The molecule has 68 heavy (non-hydrogen) atoms.